The Labute approximate surface area is 142 Å². The standard InChI is InChI=1S/C17H25N3O4/c1-17(2,3)24-16(22)20-9-7-19(8-10-20)15(21)13-11-12(18)5-6-14(13)23-4/h5-6,11H,7-10,18H2,1-4H3. The molecule has 0 unspecified atom stereocenters. The lowest BCUT2D eigenvalue weighted by atomic mass is 10.1. The van der Waals surface area contributed by atoms with Gasteiger partial charge in [-0.1, -0.05) is 0 Å². The molecule has 7 heteroatoms. The molecule has 2 amide bonds. The predicted molar refractivity (Wildman–Crippen MR) is 91.1 cm³/mol. The van der Waals surface area contributed by atoms with E-state index in [2.05, 4.69) is 0 Å². The molecule has 1 fully saturated rings. The molecular weight excluding hydrogens is 310 g/mol. The molecule has 2 rings (SSSR count). The molecule has 0 aromatic heterocycles. The second kappa shape index (κ2) is 6.98. The van der Waals surface area contributed by atoms with Crippen molar-refractivity contribution in [2.45, 2.75) is 26.4 Å². The lowest BCUT2D eigenvalue weighted by molar-refractivity contribution is 0.0140. The molecule has 7 nitrogen and oxygen atoms in total. The average molecular weight is 335 g/mol. The van der Waals surface area contributed by atoms with Gasteiger partial charge < -0.3 is 25.0 Å². The molecule has 1 aliphatic heterocycles. The van der Waals surface area contributed by atoms with Crippen LogP contribution in [0.15, 0.2) is 18.2 Å². The number of nitrogens with zero attached hydrogens (tertiary/aromatic N) is 2. The highest BCUT2D eigenvalue weighted by molar-refractivity contribution is 5.98. The first-order valence-corrected chi connectivity index (χ1v) is 7.92. The Balaban J connectivity index is 2.01. The number of anilines is 1. The molecular formula is C17H25N3O4. The van der Waals surface area contributed by atoms with Crippen LogP contribution in [0.3, 0.4) is 0 Å². The number of rotatable bonds is 2. The van der Waals surface area contributed by atoms with E-state index in [1.807, 2.05) is 20.8 Å². The summed E-state index contributed by atoms with van der Waals surface area (Å²) in [6.45, 7) is 7.24. The van der Waals surface area contributed by atoms with Gasteiger partial charge in [-0.05, 0) is 39.0 Å². The van der Waals surface area contributed by atoms with Crippen LogP contribution < -0.4 is 10.5 Å². The zero-order valence-corrected chi connectivity index (χ0v) is 14.7. The van der Waals surface area contributed by atoms with Crippen molar-refractivity contribution >= 4 is 17.7 Å². The summed E-state index contributed by atoms with van der Waals surface area (Å²) >= 11 is 0. The highest BCUT2D eigenvalue weighted by Gasteiger charge is 2.29. The molecule has 1 saturated heterocycles. The van der Waals surface area contributed by atoms with Gasteiger partial charge >= 0.3 is 6.09 Å². The van der Waals surface area contributed by atoms with Gasteiger partial charge in [0.15, 0.2) is 0 Å². The molecule has 0 spiro atoms. The fourth-order valence-electron chi connectivity index (χ4n) is 2.48. The summed E-state index contributed by atoms with van der Waals surface area (Å²) in [6, 6.07) is 4.98. The quantitative estimate of drug-likeness (QED) is 0.835. The predicted octanol–water partition coefficient (Wildman–Crippen LogP) is 1.97. The summed E-state index contributed by atoms with van der Waals surface area (Å²) < 4.78 is 10.6. The van der Waals surface area contributed by atoms with Crippen LogP contribution in [0.25, 0.3) is 0 Å². The van der Waals surface area contributed by atoms with Gasteiger partial charge in [-0.3, -0.25) is 4.79 Å². The van der Waals surface area contributed by atoms with Gasteiger partial charge in [0, 0.05) is 31.9 Å². The number of benzene rings is 1. The minimum absolute atomic E-state index is 0.150. The zero-order valence-electron chi connectivity index (χ0n) is 14.7. The van der Waals surface area contributed by atoms with Crippen molar-refractivity contribution in [2.75, 3.05) is 39.0 Å². The Morgan fingerprint density at radius 1 is 1.08 bits per heavy atom. The fourth-order valence-corrected chi connectivity index (χ4v) is 2.48. The van der Waals surface area contributed by atoms with Crippen LogP contribution in [0.4, 0.5) is 10.5 Å². The maximum atomic E-state index is 12.7. The first-order valence-electron chi connectivity index (χ1n) is 7.92. The minimum Gasteiger partial charge on any atom is -0.496 e. The van der Waals surface area contributed by atoms with Crippen LogP contribution in [-0.2, 0) is 4.74 Å². The molecule has 0 aliphatic carbocycles. The molecule has 0 atom stereocenters. The van der Waals surface area contributed by atoms with E-state index in [9.17, 15) is 9.59 Å². The summed E-state index contributed by atoms with van der Waals surface area (Å²) in [4.78, 5) is 28.1. The number of carbonyl (C=O) groups excluding carboxylic acids is 2. The first-order chi connectivity index (χ1) is 11.2. The number of methoxy groups -OCH3 is 1. The number of hydrogen-bond donors (Lipinski definition) is 1. The minimum atomic E-state index is -0.529. The van der Waals surface area contributed by atoms with Gasteiger partial charge in [0.05, 0.1) is 12.7 Å². The summed E-state index contributed by atoms with van der Waals surface area (Å²) in [5, 5.41) is 0. The van der Waals surface area contributed by atoms with Crippen molar-refractivity contribution in [2.24, 2.45) is 0 Å². The van der Waals surface area contributed by atoms with Gasteiger partial charge in [0.25, 0.3) is 5.91 Å². The lowest BCUT2D eigenvalue weighted by Gasteiger charge is -2.35. The Morgan fingerprint density at radius 2 is 1.67 bits per heavy atom. The van der Waals surface area contributed by atoms with Crippen LogP contribution in [-0.4, -0.2) is 60.7 Å². The van der Waals surface area contributed by atoms with E-state index >= 15 is 0 Å². The van der Waals surface area contributed by atoms with Crippen LogP contribution in [0.5, 0.6) is 5.75 Å². The first kappa shape index (κ1) is 17.9. The number of ether oxygens (including phenoxy) is 2. The molecule has 1 aromatic rings. The highest BCUT2D eigenvalue weighted by Crippen LogP contribution is 2.23. The summed E-state index contributed by atoms with van der Waals surface area (Å²) in [6.07, 6.45) is -0.351. The van der Waals surface area contributed by atoms with Crippen LogP contribution in [0.1, 0.15) is 31.1 Å². The number of piperazine rings is 1. The maximum absolute atomic E-state index is 12.7. The maximum Gasteiger partial charge on any atom is 0.410 e. The fraction of sp³-hybridized carbons (Fsp3) is 0.529. The van der Waals surface area contributed by atoms with Crippen molar-refractivity contribution < 1.29 is 19.1 Å². The zero-order chi connectivity index (χ0) is 17.9. The second-order valence-corrected chi connectivity index (χ2v) is 6.72. The van der Waals surface area contributed by atoms with E-state index in [-0.39, 0.29) is 12.0 Å². The van der Waals surface area contributed by atoms with Crippen molar-refractivity contribution in [3.8, 4) is 5.75 Å². The van der Waals surface area contributed by atoms with Crippen LogP contribution in [0.2, 0.25) is 0 Å². The Kier molecular flexibility index (Phi) is 5.21. The van der Waals surface area contributed by atoms with Gasteiger partial charge in [0.1, 0.15) is 11.4 Å². The third-order valence-corrected chi connectivity index (χ3v) is 3.67. The van der Waals surface area contributed by atoms with E-state index < -0.39 is 5.60 Å². The number of hydrogen-bond acceptors (Lipinski definition) is 5. The van der Waals surface area contributed by atoms with Crippen LogP contribution >= 0.6 is 0 Å². The number of carbonyl (C=O) groups is 2. The molecule has 1 heterocycles. The Hall–Kier alpha value is -2.44. The van der Waals surface area contributed by atoms with Crippen molar-refractivity contribution in [1.29, 1.82) is 0 Å². The number of nitrogens with two attached hydrogens (primary N) is 1. The van der Waals surface area contributed by atoms with Gasteiger partial charge in [-0.2, -0.15) is 0 Å². The second-order valence-electron chi connectivity index (χ2n) is 6.72. The SMILES string of the molecule is COc1ccc(N)cc1C(=O)N1CCN(C(=O)OC(C)(C)C)CC1. The summed E-state index contributed by atoms with van der Waals surface area (Å²) in [5.41, 5.74) is 6.19. The lowest BCUT2D eigenvalue weighted by Crippen LogP contribution is -2.51. The molecule has 0 bridgehead atoms. The van der Waals surface area contributed by atoms with Gasteiger partial charge in [-0.25, -0.2) is 4.79 Å². The normalized spacial score (nSPS) is 15.2. The average Bonchev–Trinajstić information content (AvgIpc) is 2.52. The summed E-state index contributed by atoms with van der Waals surface area (Å²) in [7, 11) is 1.52. The smallest absolute Gasteiger partial charge is 0.410 e. The summed E-state index contributed by atoms with van der Waals surface area (Å²) in [5.74, 6) is 0.340. The van der Waals surface area contributed by atoms with Gasteiger partial charge in [-0.15, -0.1) is 0 Å². The third-order valence-electron chi connectivity index (χ3n) is 3.67. The van der Waals surface area contributed by atoms with E-state index in [1.54, 1.807) is 28.0 Å². The molecule has 1 aromatic carbocycles. The molecule has 0 radical (unpaired) electrons. The largest absolute Gasteiger partial charge is 0.496 e. The number of nitrogen functional groups attached to an aromatic ring is 1. The van der Waals surface area contributed by atoms with Gasteiger partial charge in [0.2, 0.25) is 0 Å². The van der Waals surface area contributed by atoms with Crippen LogP contribution in [0, 0.1) is 0 Å². The molecule has 132 valence electrons. The van der Waals surface area contributed by atoms with Crippen molar-refractivity contribution in [3.05, 3.63) is 23.8 Å². The topological polar surface area (TPSA) is 85.1 Å². The molecule has 1 aliphatic rings. The van der Waals surface area contributed by atoms with E-state index in [0.29, 0.717) is 43.2 Å². The van der Waals surface area contributed by atoms with Crippen molar-refractivity contribution in [3.63, 3.8) is 0 Å². The molecule has 24 heavy (non-hydrogen) atoms. The van der Waals surface area contributed by atoms with Crippen molar-refractivity contribution in [1.82, 2.24) is 9.80 Å². The Bertz CT molecular complexity index is 617. The molecule has 2 N–H and O–H groups in total. The van der Waals surface area contributed by atoms with E-state index in [4.69, 9.17) is 15.2 Å². The third kappa shape index (κ3) is 4.31. The van der Waals surface area contributed by atoms with E-state index in [1.165, 1.54) is 7.11 Å². The Morgan fingerprint density at radius 3 is 2.21 bits per heavy atom. The van der Waals surface area contributed by atoms with E-state index in [0.717, 1.165) is 0 Å². The number of amides is 2. The highest BCUT2D eigenvalue weighted by atomic mass is 16.6. The molecule has 0 saturated carbocycles. The monoisotopic (exact) mass is 335 g/mol.